The van der Waals surface area contributed by atoms with E-state index >= 15 is 0 Å². The Morgan fingerprint density at radius 3 is 2.41 bits per heavy atom. The lowest BCUT2D eigenvalue weighted by molar-refractivity contribution is 0.0683. The Bertz CT molecular complexity index is 1090. The van der Waals surface area contributed by atoms with E-state index in [1.807, 2.05) is 6.92 Å². The number of aromatic hydroxyl groups is 1. The summed E-state index contributed by atoms with van der Waals surface area (Å²) in [6.45, 7) is 1.77. The molecule has 7 heteroatoms. The summed E-state index contributed by atoms with van der Waals surface area (Å²) < 4.78 is 2.61. The Morgan fingerprint density at radius 2 is 1.81 bits per heavy atom. The number of pyridine rings is 1. The van der Waals surface area contributed by atoms with Gasteiger partial charge in [-0.3, -0.25) is 9.59 Å². The molecule has 0 aliphatic heterocycles. The minimum atomic E-state index is -1.32. The minimum Gasteiger partial charge on any atom is -0.505 e. The molecule has 0 atom stereocenters. The van der Waals surface area contributed by atoms with Gasteiger partial charge in [-0.25, -0.2) is 4.79 Å². The molecule has 0 unspecified atom stereocenters. The van der Waals surface area contributed by atoms with E-state index < -0.39 is 17.3 Å². The summed E-state index contributed by atoms with van der Waals surface area (Å²) in [5, 5.41) is 19.6. The Kier molecular flexibility index (Phi) is 4.85. The molecule has 2 aromatic heterocycles. The fraction of sp³-hybridized carbons (Fsp3) is 0.250. The van der Waals surface area contributed by atoms with E-state index in [9.17, 15) is 24.6 Å². The maximum absolute atomic E-state index is 13.0. The largest absolute Gasteiger partial charge is 0.505 e. The molecule has 3 aromatic rings. The van der Waals surface area contributed by atoms with Crippen LogP contribution in [0.25, 0.3) is 10.9 Å². The number of benzene rings is 1. The first-order valence-electron chi connectivity index (χ1n) is 8.62. The highest BCUT2D eigenvalue weighted by molar-refractivity contribution is 6.01. The predicted molar refractivity (Wildman–Crippen MR) is 101 cm³/mol. The number of hydrogen-bond donors (Lipinski definition) is 2. The zero-order valence-corrected chi connectivity index (χ0v) is 15.1. The molecule has 0 aliphatic carbocycles. The first-order valence-corrected chi connectivity index (χ1v) is 8.62. The molecular formula is C20H20N2O5. The highest BCUT2D eigenvalue weighted by atomic mass is 16.4. The maximum atomic E-state index is 13.0. The molecule has 0 radical (unpaired) electrons. The van der Waals surface area contributed by atoms with Crippen LogP contribution in [0.1, 0.15) is 39.9 Å². The fourth-order valence-corrected chi connectivity index (χ4v) is 3.31. The smallest absolute Gasteiger partial charge is 0.356 e. The van der Waals surface area contributed by atoms with Crippen LogP contribution in [0.2, 0.25) is 0 Å². The summed E-state index contributed by atoms with van der Waals surface area (Å²) in [5.74, 6) is -2.13. The number of carboxylic acids is 1. The number of carbonyl (C=O) groups is 2. The average molecular weight is 368 g/mol. The molecule has 27 heavy (non-hydrogen) atoms. The molecule has 140 valence electrons. The number of aromatic carboxylic acids is 1. The van der Waals surface area contributed by atoms with E-state index in [4.69, 9.17) is 0 Å². The van der Waals surface area contributed by atoms with E-state index in [0.29, 0.717) is 23.2 Å². The molecule has 0 aliphatic rings. The standard InChI is InChI=1S/C20H20N2O5/c1-3-7-13-10-14-16(18(24)17(20(26)27)21(14)2)19(25)22(13)11-15(23)12-8-5-4-6-9-12/h4-6,8-10,24H,3,7,11H2,1-2H3,(H,26,27). The second-order valence-corrected chi connectivity index (χ2v) is 6.39. The first kappa shape index (κ1) is 18.4. The van der Waals surface area contributed by atoms with Gasteiger partial charge in [0.1, 0.15) is 5.39 Å². The fourth-order valence-electron chi connectivity index (χ4n) is 3.31. The van der Waals surface area contributed by atoms with E-state index in [-0.39, 0.29) is 23.4 Å². The molecule has 2 N–H and O–H groups in total. The second-order valence-electron chi connectivity index (χ2n) is 6.39. The lowest BCUT2D eigenvalue weighted by Gasteiger charge is -2.13. The van der Waals surface area contributed by atoms with Gasteiger partial charge in [0, 0.05) is 18.3 Å². The number of hydrogen-bond acceptors (Lipinski definition) is 4. The van der Waals surface area contributed by atoms with Crippen LogP contribution < -0.4 is 5.56 Å². The zero-order chi connectivity index (χ0) is 19.7. The van der Waals surface area contributed by atoms with Crippen molar-refractivity contribution in [2.75, 3.05) is 0 Å². The van der Waals surface area contributed by atoms with Gasteiger partial charge < -0.3 is 19.3 Å². The van der Waals surface area contributed by atoms with Crippen molar-refractivity contribution in [3.8, 4) is 5.75 Å². The molecular weight excluding hydrogens is 348 g/mol. The summed E-state index contributed by atoms with van der Waals surface area (Å²) in [4.78, 5) is 37.1. The molecule has 0 spiro atoms. The van der Waals surface area contributed by atoms with Gasteiger partial charge in [-0.2, -0.15) is 0 Å². The zero-order valence-electron chi connectivity index (χ0n) is 15.1. The molecule has 0 amide bonds. The Morgan fingerprint density at radius 1 is 1.15 bits per heavy atom. The van der Waals surface area contributed by atoms with Crippen LogP contribution in [-0.4, -0.2) is 31.1 Å². The van der Waals surface area contributed by atoms with Crippen molar-refractivity contribution in [3.63, 3.8) is 0 Å². The first-order chi connectivity index (χ1) is 12.9. The van der Waals surface area contributed by atoms with E-state index in [1.165, 1.54) is 16.2 Å². The highest BCUT2D eigenvalue weighted by Crippen LogP contribution is 2.29. The third kappa shape index (κ3) is 3.12. The van der Waals surface area contributed by atoms with Crippen LogP contribution >= 0.6 is 0 Å². The van der Waals surface area contributed by atoms with Crippen molar-refractivity contribution < 1.29 is 19.8 Å². The van der Waals surface area contributed by atoms with Crippen LogP contribution in [0.5, 0.6) is 5.75 Å². The summed E-state index contributed by atoms with van der Waals surface area (Å²) in [5.41, 5.74) is 0.520. The van der Waals surface area contributed by atoms with Gasteiger partial charge in [-0.15, -0.1) is 0 Å². The van der Waals surface area contributed by atoms with Gasteiger partial charge in [0.2, 0.25) is 0 Å². The summed E-state index contributed by atoms with van der Waals surface area (Å²) in [7, 11) is 1.49. The lowest BCUT2D eigenvalue weighted by atomic mass is 10.1. The molecule has 0 bridgehead atoms. The van der Waals surface area contributed by atoms with Crippen molar-refractivity contribution in [1.29, 1.82) is 0 Å². The van der Waals surface area contributed by atoms with Crippen LogP contribution in [0, 0.1) is 0 Å². The number of aryl methyl sites for hydroxylation is 2. The lowest BCUT2D eigenvalue weighted by Crippen LogP contribution is -2.27. The number of nitrogens with zero attached hydrogens (tertiary/aromatic N) is 2. The number of carboxylic acid groups (broad SMARTS) is 1. The molecule has 1 aromatic carbocycles. The predicted octanol–water partition coefficient (Wildman–Crippen LogP) is 2.58. The van der Waals surface area contributed by atoms with Gasteiger partial charge in [0.25, 0.3) is 5.56 Å². The summed E-state index contributed by atoms with van der Waals surface area (Å²) in [6, 6.07) is 10.3. The minimum absolute atomic E-state index is 0.0874. The Hall–Kier alpha value is -3.35. The monoisotopic (exact) mass is 368 g/mol. The highest BCUT2D eigenvalue weighted by Gasteiger charge is 2.25. The van der Waals surface area contributed by atoms with Gasteiger partial charge in [0.15, 0.2) is 17.2 Å². The molecule has 0 saturated heterocycles. The average Bonchev–Trinajstić information content (AvgIpc) is 2.89. The number of aromatic nitrogens is 2. The summed E-state index contributed by atoms with van der Waals surface area (Å²) in [6.07, 6.45) is 1.29. The Balaban J connectivity index is 2.22. The van der Waals surface area contributed by atoms with Gasteiger partial charge >= 0.3 is 5.97 Å². The maximum Gasteiger partial charge on any atom is 0.356 e. The Labute approximate surface area is 155 Å². The third-order valence-corrected chi connectivity index (χ3v) is 4.63. The van der Waals surface area contributed by atoms with Crippen molar-refractivity contribution in [2.24, 2.45) is 7.05 Å². The molecule has 2 heterocycles. The number of carbonyl (C=O) groups excluding carboxylic acids is 1. The normalized spacial score (nSPS) is 11.0. The van der Waals surface area contributed by atoms with E-state index in [1.54, 1.807) is 36.4 Å². The van der Waals surface area contributed by atoms with Crippen molar-refractivity contribution in [3.05, 3.63) is 63.7 Å². The van der Waals surface area contributed by atoms with Crippen molar-refractivity contribution in [2.45, 2.75) is 26.3 Å². The molecule has 0 saturated carbocycles. The van der Waals surface area contributed by atoms with Gasteiger partial charge in [-0.1, -0.05) is 43.7 Å². The number of fused-ring (bicyclic) bond motifs is 1. The van der Waals surface area contributed by atoms with E-state index in [0.717, 1.165) is 6.42 Å². The van der Waals surface area contributed by atoms with Gasteiger partial charge in [-0.05, 0) is 12.5 Å². The topological polar surface area (TPSA) is 102 Å². The number of Topliss-reactive ketones (excluding diaryl/α,β-unsaturated/α-hetero) is 1. The van der Waals surface area contributed by atoms with Crippen LogP contribution in [0.15, 0.2) is 41.2 Å². The van der Waals surface area contributed by atoms with Crippen LogP contribution in [0.4, 0.5) is 0 Å². The van der Waals surface area contributed by atoms with Gasteiger partial charge in [0.05, 0.1) is 12.1 Å². The van der Waals surface area contributed by atoms with Crippen LogP contribution in [-0.2, 0) is 20.0 Å². The summed E-state index contributed by atoms with van der Waals surface area (Å²) >= 11 is 0. The van der Waals surface area contributed by atoms with Crippen molar-refractivity contribution in [1.82, 2.24) is 9.13 Å². The van der Waals surface area contributed by atoms with E-state index in [2.05, 4.69) is 0 Å². The molecule has 3 rings (SSSR count). The third-order valence-electron chi connectivity index (χ3n) is 4.63. The molecule has 7 nitrogen and oxygen atoms in total. The van der Waals surface area contributed by atoms with Crippen molar-refractivity contribution >= 4 is 22.7 Å². The SMILES string of the molecule is CCCc1cc2c(c(O)c(C(=O)O)n2C)c(=O)n1CC(=O)c1ccccc1. The number of ketones is 1. The molecule has 0 fully saturated rings. The quantitative estimate of drug-likeness (QED) is 0.651. The van der Waals surface area contributed by atoms with Crippen LogP contribution in [0.3, 0.4) is 0 Å². The number of rotatable bonds is 6. The second kappa shape index (κ2) is 7.11.